The zero-order valence-electron chi connectivity index (χ0n) is 11.5. The Bertz CT molecular complexity index is 493. The standard InChI is InChI=1S/C15H20N2O2/c1-3-17(4-2)15(19)10-11-5-7-13-12(9-11)6-8-14(18)16-13/h5,7,9H,3-4,6,8,10H2,1-2H3,(H,16,18). The molecule has 0 unspecified atom stereocenters. The number of hydrogen-bond acceptors (Lipinski definition) is 2. The molecule has 0 bridgehead atoms. The fourth-order valence-corrected chi connectivity index (χ4v) is 2.41. The highest BCUT2D eigenvalue weighted by Gasteiger charge is 2.16. The lowest BCUT2D eigenvalue weighted by Gasteiger charge is -2.20. The molecule has 0 aromatic heterocycles. The predicted octanol–water partition coefficient (Wildman–Crippen LogP) is 1.98. The summed E-state index contributed by atoms with van der Waals surface area (Å²) >= 11 is 0. The molecule has 1 aromatic carbocycles. The molecule has 1 N–H and O–H groups in total. The Kier molecular flexibility index (Phi) is 4.20. The second kappa shape index (κ2) is 5.87. The highest BCUT2D eigenvalue weighted by Crippen LogP contribution is 2.23. The van der Waals surface area contributed by atoms with Crippen molar-refractivity contribution in [2.24, 2.45) is 0 Å². The molecule has 0 radical (unpaired) electrons. The Balaban J connectivity index is 2.10. The molecule has 1 aliphatic rings. The zero-order valence-corrected chi connectivity index (χ0v) is 11.5. The van der Waals surface area contributed by atoms with Crippen molar-refractivity contribution in [2.45, 2.75) is 33.1 Å². The van der Waals surface area contributed by atoms with Crippen molar-refractivity contribution < 1.29 is 9.59 Å². The van der Waals surface area contributed by atoms with Crippen molar-refractivity contribution in [3.63, 3.8) is 0 Å². The van der Waals surface area contributed by atoms with Gasteiger partial charge < -0.3 is 10.2 Å². The number of rotatable bonds is 4. The number of likely N-dealkylation sites (N-methyl/N-ethyl adjacent to an activating group) is 1. The van der Waals surface area contributed by atoms with E-state index in [2.05, 4.69) is 5.32 Å². The lowest BCUT2D eigenvalue weighted by molar-refractivity contribution is -0.130. The third-order valence-corrected chi connectivity index (χ3v) is 3.54. The number of nitrogens with one attached hydrogen (secondary N) is 1. The molecule has 0 saturated heterocycles. The van der Waals surface area contributed by atoms with Crippen LogP contribution < -0.4 is 5.32 Å². The monoisotopic (exact) mass is 260 g/mol. The van der Waals surface area contributed by atoms with E-state index in [0.29, 0.717) is 12.8 Å². The average Bonchev–Trinajstić information content (AvgIpc) is 2.40. The minimum atomic E-state index is 0.0690. The first-order valence-electron chi connectivity index (χ1n) is 6.83. The normalized spacial score (nSPS) is 13.7. The molecule has 0 spiro atoms. The maximum Gasteiger partial charge on any atom is 0.226 e. The number of benzene rings is 1. The highest BCUT2D eigenvalue weighted by atomic mass is 16.2. The van der Waals surface area contributed by atoms with Gasteiger partial charge in [-0.2, -0.15) is 0 Å². The van der Waals surface area contributed by atoms with Gasteiger partial charge in [0.05, 0.1) is 6.42 Å². The highest BCUT2D eigenvalue weighted by molar-refractivity contribution is 5.94. The molecule has 0 atom stereocenters. The first-order chi connectivity index (χ1) is 9.13. The van der Waals surface area contributed by atoms with E-state index in [1.807, 2.05) is 36.9 Å². The van der Waals surface area contributed by atoms with E-state index in [1.165, 1.54) is 0 Å². The van der Waals surface area contributed by atoms with E-state index in [1.54, 1.807) is 0 Å². The molecule has 1 aliphatic heterocycles. The second-order valence-electron chi connectivity index (χ2n) is 4.78. The maximum absolute atomic E-state index is 12.1. The molecule has 19 heavy (non-hydrogen) atoms. The molecular formula is C15H20N2O2. The van der Waals surface area contributed by atoms with Crippen LogP contribution in [0.2, 0.25) is 0 Å². The zero-order chi connectivity index (χ0) is 13.8. The average molecular weight is 260 g/mol. The summed E-state index contributed by atoms with van der Waals surface area (Å²) < 4.78 is 0. The maximum atomic E-state index is 12.1. The van der Waals surface area contributed by atoms with Crippen molar-refractivity contribution in [1.29, 1.82) is 0 Å². The van der Waals surface area contributed by atoms with Gasteiger partial charge in [-0.15, -0.1) is 0 Å². The number of fused-ring (bicyclic) bond motifs is 1. The van der Waals surface area contributed by atoms with Gasteiger partial charge in [0.15, 0.2) is 0 Å². The van der Waals surface area contributed by atoms with Crippen molar-refractivity contribution in [3.8, 4) is 0 Å². The fourth-order valence-electron chi connectivity index (χ4n) is 2.41. The summed E-state index contributed by atoms with van der Waals surface area (Å²) in [5.74, 6) is 0.226. The van der Waals surface area contributed by atoms with Gasteiger partial charge in [-0.3, -0.25) is 9.59 Å². The second-order valence-corrected chi connectivity index (χ2v) is 4.78. The number of nitrogens with zero attached hydrogens (tertiary/aromatic N) is 1. The summed E-state index contributed by atoms with van der Waals surface area (Å²) in [6.07, 6.45) is 1.72. The lowest BCUT2D eigenvalue weighted by Crippen LogP contribution is -2.31. The van der Waals surface area contributed by atoms with Crippen LogP contribution in [-0.4, -0.2) is 29.8 Å². The molecule has 0 aliphatic carbocycles. The number of carbonyl (C=O) groups excluding carboxylic acids is 2. The Hall–Kier alpha value is -1.84. The van der Waals surface area contributed by atoms with Crippen molar-refractivity contribution in [3.05, 3.63) is 29.3 Å². The predicted molar refractivity (Wildman–Crippen MR) is 75.0 cm³/mol. The molecule has 102 valence electrons. The number of carbonyl (C=O) groups is 2. The van der Waals surface area contributed by atoms with Crippen molar-refractivity contribution >= 4 is 17.5 Å². The molecule has 0 saturated carbocycles. The first kappa shape index (κ1) is 13.6. The molecule has 1 heterocycles. The van der Waals surface area contributed by atoms with E-state index in [-0.39, 0.29) is 11.8 Å². The fraction of sp³-hybridized carbons (Fsp3) is 0.467. The third kappa shape index (κ3) is 3.13. The number of amides is 2. The van der Waals surface area contributed by atoms with E-state index in [0.717, 1.165) is 36.3 Å². The van der Waals surface area contributed by atoms with Crippen LogP contribution in [-0.2, 0) is 22.4 Å². The molecule has 2 rings (SSSR count). The molecule has 2 amide bonds. The topological polar surface area (TPSA) is 49.4 Å². The molecular weight excluding hydrogens is 240 g/mol. The molecule has 0 fully saturated rings. The third-order valence-electron chi connectivity index (χ3n) is 3.54. The van der Waals surface area contributed by atoms with E-state index >= 15 is 0 Å². The van der Waals surface area contributed by atoms with Crippen LogP contribution in [0.5, 0.6) is 0 Å². The molecule has 4 heteroatoms. The summed E-state index contributed by atoms with van der Waals surface area (Å²) in [6.45, 7) is 5.47. The van der Waals surface area contributed by atoms with Crippen LogP contribution >= 0.6 is 0 Å². The minimum Gasteiger partial charge on any atom is -0.343 e. The Morgan fingerprint density at radius 2 is 2.00 bits per heavy atom. The Labute approximate surface area is 113 Å². The summed E-state index contributed by atoms with van der Waals surface area (Å²) in [4.78, 5) is 25.2. The summed E-state index contributed by atoms with van der Waals surface area (Å²) in [7, 11) is 0. The van der Waals surface area contributed by atoms with Gasteiger partial charge in [0.2, 0.25) is 11.8 Å². The van der Waals surface area contributed by atoms with Crippen molar-refractivity contribution in [2.75, 3.05) is 18.4 Å². The first-order valence-corrected chi connectivity index (χ1v) is 6.83. The van der Waals surface area contributed by atoms with Crippen LogP contribution in [0.15, 0.2) is 18.2 Å². The minimum absolute atomic E-state index is 0.0690. The van der Waals surface area contributed by atoms with Gasteiger partial charge in [-0.05, 0) is 37.5 Å². The van der Waals surface area contributed by atoms with Crippen LogP contribution in [0.4, 0.5) is 5.69 Å². The van der Waals surface area contributed by atoms with Crippen LogP contribution in [0.3, 0.4) is 0 Å². The quantitative estimate of drug-likeness (QED) is 0.900. The summed E-state index contributed by atoms with van der Waals surface area (Å²) in [5, 5.41) is 2.85. The molecule has 4 nitrogen and oxygen atoms in total. The number of aryl methyl sites for hydroxylation is 1. The van der Waals surface area contributed by atoms with Crippen molar-refractivity contribution in [1.82, 2.24) is 4.90 Å². The number of hydrogen-bond donors (Lipinski definition) is 1. The number of anilines is 1. The van der Waals surface area contributed by atoms with Gasteiger partial charge >= 0.3 is 0 Å². The largest absolute Gasteiger partial charge is 0.343 e. The van der Waals surface area contributed by atoms with Gasteiger partial charge in [0.25, 0.3) is 0 Å². The van der Waals surface area contributed by atoms with Gasteiger partial charge in [0, 0.05) is 25.2 Å². The van der Waals surface area contributed by atoms with E-state index < -0.39 is 0 Å². The lowest BCUT2D eigenvalue weighted by atomic mass is 9.99. The van der Waals surface area contributed by atoms with Gasteiger partial charge in [0.1, 0.15) is 0 Å². The van der Waals surface area contributed by atoms with Crippen LogP contribution in [0.25, 0.3) is 0 Å². The van der Waals surface area contributed by atoms with E-state index in [4.69, 9.17) is 0 Å². The summed E-state index contributed by atoms with van der Waals surface area (Å²) in [6, 6.07) is 5.86. The van der Waals surface area contributed by atoms with E-state index in [9.17, 15) is 9.59 Å². The van der Waals surface area contributed by atoms with Crippen LogP contribution in [0.1, 0.15) is 31.4 Å². The van der Waals surface area contributed by atoms with Crippen LogP contribution in [0, 0.1) is 0 Å². The Morgan fingerprint density at radius 3 is 2.68 bits per heavy atom. The summed E-state index contributed by atoms with van der Waals surface area (Å²) in [5.41, 5.74) is 3.03. The smallest absolute Gasteiger partial charge is 0.226 e. The SMILES string of the molecule is CCN(CC)C(=O)Cc1ccc2c(c1)CCC(=O)N2. The van der Waals surface area contributed by atoms with Gasteiger partial charge in [-0.25, -0.2) is 0 Å². The van der Waals surface area contributed by atoms with Gasteiger partial charge in [-0.1, -0.05) is 12.1 Å². The Morgan fingerprint density at radius 1 is 1.26 bits per heavy atom. The molecule has 1 aromatic rings.